The summed E-state index contributed by atoms with van der Waals surface area (Å²) in [6.45, 7) is 13.6. The zero-order valence-electron chi connectivity index (χ0n) is 20.5. The van der Waals surface area contributed by atoms with Crippen LogP contribution in [0.25, 0.3) is 10.9 Å². The first kappa shape index (κ1) is 22.6. The van der Waals surface area contributed by atoms with E-state index < -0.39 is 0 Å². The van der Waals surface area contributed by atoms with Gasteiger partial charge in [0, 0.05) is 74.8 Å². The Bertz CT molecular complexity index is 1210. The van der Waals surface area contributed by atoms with Crippen LogP contribution in [0, 0.1) is 11.3 Å². The van der Waals surface area contributed by atoms with Gasteiger partial charge in [-0.1, -0.05) is 19.9 Å². The monoisotopic (exact) mass is 454 g/mol. The van der Waals surface area contributed by atoms with E-state index >= 15 is 0 Å². The average molecular weight is 455 g/mol. The van der Waals surface area contributed by atoms with Crippen LogP contribution < -0.4 is 15.1 Å². The summed E-state index contributed by atoms with van der Waals surface area (Å²) in [5.74, 6) is 0. The lowest BCUT2D eigenvalue weighted by atomic mass is 9.99. The van der Waals surface area contributed by atoms with Crippen molar-refractivity contribution in [1.29, 1.82) is 5.26 Å². The second-order valence-corrected chi connectivity index (χ2v) is 9.21. The predicted molar refractivity (Wildman–Crippen MR) is 139 cm³/mol. The van der Waals surface area contributed by atoms with Crippen LogP contribution in [-0.2, 0) is 6.54 Å². The first-order valence-electron chi connectivity index (χ1n) is 12.6. The Morgan fingerprint density at radius 3 is 2.65 bits per heavy atom. The van der Waals surface area contributed by atoms with Gasteiger partial charge in [-0.2, -0.15) is 5.26 Å². The number of nitriles is 1. The van der Waals surface area contributed by atoms with E-state index in [2.05, 4.69) is 68.3 Å². The number of fused-ring (bicyclic) bond motifs is 4. The van der Waals surface area contributed by atoms with Crippen LogP contribution in [0.15, 0.2) is 48.7 Å². The highest BCUT2D eigenvalue weighted by Crippen LogP contribution is 2.42. The van der Waals surface area contributed by atoms with E-state index in [4.69, 9.17) is 0 Å². The van der Waals surface area contributed by atoms with Crippen molar-refractivity contribution in [1.82, 2.24) is 15.2 Å². The van der Waals surface area contributed by atoms with E-state index in [0.29, 0.717) is 17.6 Å². The molecule has 34 heavy (non-hydrogen) atoms. The fraction of sp³-hybridized carbons (Fsp3) is 0.429. The second kappa shape index (κ2) is 9.61. The van der Waals surface area contributed by atoms with Crippen molar-refractivity contribution in [3.05, 3.63) is 65.4 Å². The van der Waals surface area contributed by atoms with Crippen molar-refractivity contribution in [2.24, 2.45) is 0 Å². The molecule has 1 N–H and O–H groups in total. The first-order chi connectivity index (χ1) is 16.7. The molecular weight excluding hydrogens is 420 g/mol. The van der Waals surface area contributed by atoms with Crippen molar-refractivity contribution in [2.45, 2.75) is 39.4 Å². The normalized spacial score (nSPS) is 21.9. The number of nitrogens with one attached hydrogen (secondary N) is 1. The van der Waals surface area contributed by atoms with Crippen molar-refractivity contribution >= 4 is 22.3 Å². The largest absolute Gasteiger partial charge is 0.369 e. The Hall–Kier alpha value is -3.14. The third-order valence-corrected chi connectivity index (χ3v) is 7.37. The Labute approximate surface area is 202 Å². The van der Waals surface area contributed by atoms with Gasteiger partial charge in [-0.3, -0.25) is 9.88 Å². The summed E-state index contributed by atoms with van der Waals surface area (Å²) in [7, 11) is 0. The highest BCUT2D eigenvalue weighted by molar-refractivity contribution is 5.95. The zero-order valence-corrected chi connectivity index (χ0v) is 20.5. The minimum Gasteiger partial charge on any atom is -0.369 e. The fourth-order valence-electron chi connectivity index (χ4n) is 5.75. The van der Waals surface area contributed by atoms with Gasteiger partial charge in [0.25, 0.3) is 0 Å². The molecule has 0 radical (unpaired) electrons. The molecule has 2 unspecified atom stereocenters. The van der Waals surface area contributed by atoms with Crippen molar-refractivity contribution in [3.63, 3.8) is 0 Å². The molecule has 6 rings (SSSR count). The number of piperazine rings is 2. The summed E-state index contributed by atoms with van der Waals surface area (Å²) in [4.78, 5) is 12.2. The Balaban J connectivity index is 0.00000117. The number of rotatable bonds is 2. The van der Waals surface area contributed by atoms with Gasteiger partial charge in [-0.15, -0.1) is 0 Å². The minimum atomic E-state index is 0.396. The summed E-state index contributed by atoms with van der Waals surface area (Å²) in [5.41, 5.74) is 6.93. The summed E-state index contributed by atoms with van der Waals surface area (Å²) in [6, 6.07) is 18.3. The lowest BCUT2D eigenvalue weighted by Gasteiger charge is -2.44. The molecule has 2 fully saturated rings. The molecule has 2 aromatic carbocycles. The lowest BCUT2D eigenvalue weighted by Crippen LogP contribution is -2.51. The maximum Gasteiger partial charge on any atom is 0.101 e. The van der Waals surface area contributed by atoms with E-state index in [9.17, 15) is 5.26 Å². The first-order valence-corrected chi connectivity index (χ1v) is 12.6. The summed E-state index contributed by atoms with van der Waals surface area (Å²) in [5, 5.41) is 14.0. The number of aromatic nitrogens is 1. The Kier molecular flexibility index (Phi) is 6.40. The third-order valence-electron chi connectivity index (χ3n) is 7.37. The molecule has 3 aliphatic heterocycles. The van der Waals surface area contributed by atoms with Gasteiger partial charge in [0.05, 0.1) is 17.1 Å². The topological polar surface area (TPSA) is 58.4 Å². The second-order valence-electron chi connectivity index (χ2n) is 9.21. The molecule has 6 nitrogen and oxygen atoms in total. The van der Waals surface area contributed by atoms with Crippen LogP contribution in [0.2, 0.25) is 0 Å². The Morgan fingerprint density at radius 1 is 1.03 bits per heavy atom. The molecule has 3 aromatic rings. The maximum absolute atomic E-state index is 9.51. The molecule has 3 aliphatic rings. The molecule has 0 saturated carbocycles. The van der Waals surface area contributed by atoms with Crippen LogP contribution in [0.1, 0.15) is 43.5 Å². The van der Waals surface area contributed by atoms with E-state index in [1.54, 1.807) is 6.20 Å². The van der Waals surface area contributed by atoms with Gasteiger partial charge in [0.2, 0.25) is 0 Å². The predicted octanol–water partition coefficient (Wildman–Crippen LogP) is 4.31. The van der Waals surface area contributed by atoms with E-state index in [1.807, 2.05) is 26.0 Å². The minimum absolute atomic E-state index is 0.396. The number of anilines is 2. The van der Waals surface area contributed by atoms with Crippen molar-refractivity contribution in [2.75, 3.05) is 49.1 Å². The number of benzene rings is 2. The highest BCUT2D eigenvalue weighted by Gasteiger charge is 2.39. The average Bonchev–Trinajstić information content (AvgIpc) is 3.28. The molecule has 1 aromatic heterocycles. The van der Waals surface area contributed by atoms with Gasteiger partial charge in [-0.05, 0) is 54.4 Å². The molecule has 0 bridgehead atoms. The van der Waals surface area contributed by atoms with Crippen LogP contribution >= 0.6 is 0 Å². The summed E-state index contributed by atoms with van der Waals surface area (Å²) in [6.07, 6.45) is 1.77. The standard InChI is InChI=1S/C26H28N6.C2H6/c1-18-15-31(24-7-4-19(14-27)26-23(24)3-2-8-29-26)17-25-22-6-5-21(13-20(22)16-32(18)25)30-11-9-28-10-12-30;1-2/h2-8,13,18,25,28H,9-12,15-17H2,1H3;1-2H3. The van der Waals surface area contributed by atoms with E-state index in [0.717, 1.165) is 56.7 Å². The molecule has 4 heterocycles. The summed E-state index contributed by atoms with van der Waals surface area (Å²) < 4.78 is 0. The molecular formula is C28H34N6. The van der Waals surface area contributed by atoms with Gasteiger partial charge in [0.15, 0.2) is 0 Å². The van der Waals surface area contributed by atoms with E-state index in [-0.39, 0.29) is 0 Å². The molecule has 6 heteroatoms. The van der Waals surface area contributed by atoms with Crippen LogP contribution in [0.5, 0.6) is 0 Å². The molecule has 0 aliphatic carbocycles. The van der Waals surface area contributed by atoms with Gasteiger partial charge in [-0.25, -0.2) is 0 Å². The quantitative estimate of drug-likeness (QED) is 0.623. The molecule has 0 amide bonds. The van der Waals surface area contributed by atoms with Crippen molar-refractivity contribution < 1.29 is 0 Å². The van der Waals surface area contributed by atoms with E-state index in [1.165, 1.54) is 22.5 Å². The zero-order chi connectivity index (χ0) is 23.7. The molecule has 0 spiro atoms. The number of nitrogens with zero attached hydrogens (tertiary/aromatic N) is 5. The number of hydrogen-bond donors (Lipinski definition) is 1. The summed E-state index contributed by atoms with van der Waals surface area (Å²) >= 11 is 0. The number of pyridine rings is 1. The van der Waals surface area contributed by atoms with Crippen LogP contribution in [-0.4, -0.2) is 55.2 Å². The Morgan fingerprint density at radius 2 is 1.85 bits per heavy atom. The fourth-order valence-corrected chi connectivity index (χ4v) is 5.75. The smallest absolute Gasteiger partial charge is 0.101 e. The highest BCUT2D eigenvalue weighted by atomic mass is 15.3. The van der Waals surface area contributed by atoms with Crippen molar-refractivity contribution in [3.8, 4) is 6.07 Å². The molecule has 2 atom stereocenters. The van der Waals surface area contributed by atoms with Crippen LogP contribution in [0.4, 0.5) is 11.4 Å². The van der Waals surface area contributed by atoms with Gasteiger partial charge in [0.1, 0.15) is 6.07 Å². The third kappa shape index (κ3) is 3.89. The molecule has 2 saturated heterocycles. The molecule has 176 valence electrons. The lowest BCUT2D eigenvalue weighted by molar-refractivity contribution is 0.134. The van der Waals surface area contributed by atoms with Crippen LogP contribution in [0.3, 0.4) is 0 Å². The van der Waals surface area contributed by atoms with Gasteiger partial charge < -0.3 is 15.1 Å². The maximum atomic E-state index is 9.51. The van der Waals surface area contributed by atoms with Gasteiger partial charge >= 0.3 is 0 Å². The number of hydrogen-bond acceptors (Lipinski definition) is 6. The SMILES string of the molecule is CC.CC1CN(c2ccc(C#N)c3ncccc23)CC2c3ccc(N4CCNCC4)cc3CN12.